The molecule has 1 aliphatic heterocycles. The zero-order valence-corrected chi connectivity index (χ0v) is 9.32. The first kappa shape index (κ1) is 11.0. The van der Waals surface area contributed by atoms with E-state index in [2.05, 4.69) is 19.2 Å². The molecule has 0 spiro atoms. The lowest BCUT2D eigenvalue weighted by Gasteiger charge is -2.29. The van der Waals surface area contributed by atoms with Gasteiger partial charge in [0.15, 0.2) is 0 Å². The summed E-state index contributed by atoms with van der Waals surface area (Å²) < 4.78 is 5.52. The van der Waals surface area contributed by atoms with Crippen LogP contribution in [0.3, 0.4) is 0 Å². The van der Waals surface area contributed by atoms with E-state index in [9.17, 15) is 0 Å². The maximum atomic E-state index is 5.59. The molecule has 2 atom stereocenters. The van der Waals surface area contributed by atoms with Crippen LogP contribution < -0.4 is 5.32 Å². The Kier molecular flexibility index (Phi) is 3.77. The number of nitrogens with one attached hydrogen (secondary N) is 1. The Morgan fingerprint density at radius 1 is 1.77 bits per heavy atom. The van der Waals surface area contributed by atoms with Crippen LogP contribution in [0, 0.1) is 0 Å². The number of ether oxygens (including phenoxy) is 1. The molecule has 0 radical (unpaired) electrons. The van der Waals surface area contributed by atoms with Crippen LogP contribution in [0.25, 0.3) is 0 Å². The third-order valence-corrected chi connectivity index (χ3v) is 3.22. The van der Waals surface area contributed by atoms with Gasteiger partial charge < -0.3 is 10.1 Å². The quantitative estimate of drug-likeness (QED) is 0.760. The Bertz CT molecular complexity index is 205. The maximum absolute atomic E-state index is 5.59. The molecule has 1 aliphatic rings. The van der Waals surface area contributed by atoms with E-state index in [0.717, 1.165) is 25.1 Å². The van der Waals surface area contributed by atoms with Gasteiger partial charge in [-0.2, -0.15) is 0 Å². The Labute approximate surface area is 85.3 Å². The van der Waals surface area contributed by atoms with E-state index in [1.807, 2.05) is 6.92 Å². The van der Waals surface area contributed by atoms with Crippen LogP contribution in [0.2, 0.25) is 0 Å². The molecule has 0 saturated carbocycles. The lowest BCUT2D eigenvalue weighted by Crippen LogP contribution is -2.48. The molecular weight excluding hydrogens is 186 g/mol. The van der Waals surface area contributed by atoms with Gasteiger partial charge in [0.25, 0.3) is 0 Å². The predicted molar refractivity (Wildman–Crippen MR) is 56.0 cm³/mol. The van der Waals surface area contributed by atoms with Crippen LogP contribution in [0.15, 0.2) is 11.1 Å². The first-order valence-electron chi connectivity index (χ1n) is 4.71. The number of rotatable bonds is 3. The minimum atomic E-state index is 0.112. The summed E-state index contributed by atoms with van der Waals surface area (Å²) in [4.78, 5) is 0. The molecular formula is C10H18ClNO. The first-order valence-corrected chi connectivity index (χ1v) is 5.14. The Morgan fingerprint density at radius 3 is 2.92 bits per heavy atom. The van der Waals surface area contributed by atoms with Gasteiger partial charge in [0.2, 0.25) is 0 Å². The minimum Gasteiger partial charge on any atom is -0.377 e. The fraction of sp³-hybridized carbons (Fsp3) is 0.800. The predicted octanol–water partition coefficient (Wildman–Crippen LogP) is 2.29. The molecule has 0 bridgehead atoms. The molecule has 0 aromatic rings. The van der Waals surface area contributed by atoms with Crippen molar-refractivity contribution in [3.63, 3.8) is 0 Å². The fourth-order valence-corrected chi connectivity index (χ4v) is 1.52. The van der Waals surface area contributed by atoms with Crippen molar-refractivity contribution in [2.45, 2.75) is 38.8 Å². The van der Waals surface area contributed by atoms with Gasteiger partial charge in [-0.3, -0.25) is 0 Å². The van der Waals surface area contributed by atoms with Crippen molar-refractivity contribution in [2.75, 3.05) is 13.2 Å². The van der Waals surface area contributed by atoms with Gasteiger partial charge in [-0.25, -0.2) is 0 Å². The van der Waals surface area contributed by atoms with Gasteiger partial charge in [-0.05, 0) is 32.8 Å². The topological polar surface area (TPSA) is 21.3 Å². The van der Waals surface area contributed by atoms with Crippen molar-refractivity contribution < 1.29 is 4.74 Å². The summed E-state index contributed by atoms with van der Waals surface area (Å²) in [5.41, 5.74) is 2.89. The van der Waals surface area contributed by atoms with Crippen LogP contribution in [-0.2, 0) is 4.74 Å². The van der Waals surface area contributed by atoms with Crippen molar-refractivity contribution >= 4 is 11.6 Å². The van der Waals surface area contributed by atoms with Crippen LogP contribution in [-0.4, -0.2) is 24.8 Å². The van der Waals surface area contributed by atoms with Crippen molar-refractivity contribution in [1.29, 1.82) is 0 Å². The molecule has 1 fully saturated rings. The fourth-order valence-electron chi connectivity index (χ4n) is 1.45. The molecule has 1 saturated heterocycles. The molecule has 1 heterocycles. The zero-order chi connectivity index (χ0) is 9.90. The van der Waals surface area contributed by atoms with E-state index in [4.69, 9.17) is 16.3 Å². The van der Waals surface area contributed by atoms with Crippen LogP contribution in [0.4, 0.5) is 0 Å². The maximum Gasteiger partial charge on any atom is 0.0726 e. The van der Waals surface area contributed by atoms with E-state index in [-0.39, 0.29) is 11.6 Å². The standard InChI is InChI=1S/C10H18ClNO/c1-8(6-11)7-12-10(3)4-5-13-9(10)2/h6,9,12H,4-5,7H2,1-3H3/b8-6+. The lowest BCUT2D eigenvalue weighted by molar-refractivity contribution is 0.0898. The van der Waals surface area contributed by atoms with Gasteiger partial charge in [0.05, 0.1) is 6.10 Å². The smallest absolute Gasteiger partial charge is 0.0726 e. The highest BCUT2D eigenvalue weighted by molar-refractivity contribution is 6.25. The average Bonchev–Trinajstić information content (AvgIpc) is 2.44. The highest BCUT2D eigenvalue weighted by Crippen LogP contribution is 2.24. The Balaban J connectivity index is 2.43. The van der Waals surface area contributed by atoms with Crippen LogP contribution >= 0.6 is 11.6 Å². The van der Waals surface area contributed by atoms with E-state index in [1.165, 1.54) is 0 Å². The van der Waals surface area contributed by atoms with Gasteiger partial charge in [-0.1, -0.05) is 11.6 Å². The largest absolute Gasteiger partial charge is 0.377 e. The van der Waals surface area contributed by atoms with E-state index >= 15 is 0 Å². The number of hydrogen-bond donors (Lipinski definition) is 1. The summed E-state index contributed by atoms with van der Waals surface area (Å²) in [6, 6.07) is 0. The molecule has 1 rings (SSSR count). The lowest BCUT2D eigenvalue weighted by atomic mass is 9.94. The second-order valence-corrected chi connectivity index (χ2v) is 4.21. The number of hydrogen-bond acceptors (Lipinski definition) is 2. The Morgan fingerprint density at radius 2 is 2.46 bits per heavy atom. The van der Waals surface area contributed by atoms with Crippen LogP contribution in [0.1, 0.15) is 27.2 Å². The third-order valence-electron chi connectivity index (χ3n) is 2.84. The third kappa shape index (κ3) is 2.70. The first-order chi connectivity index (χ1) is 6.08. The van der Waals surface area contributed by atoms with Crippen molar-refractivity contribution in [3.05, 3.63) is 11.1 Å². The normalized spacial score (nSPS) is 35.4. The summed E-state index contributed by atoms with van der Waals surface area (Å²) >= 11 is 5.59. The molecule has 76 valence electrons. The molecule has 1 N–H and O–H groups in total. The molecule has 2 nitrogen and oxygen atoms in total. The van der Waals surface area contributed by atoms with E-state index in [0.29, 0.717) is 0 Å². The second-order valence-electron chi connectivity index (χ2n) is 3.99. The highest BCUT2D eigenvalue weighted by Gasteiger charge is 2.36. The van der Waals surface area contributed by atoms with Crippen molar-refractivity contribution in [2.24, 2.45) is 0 Å². The summed E-state index contributed by atoms with van der Waals surface area (Å²) in [7, 11) is 0. The molecule has 0 aliphatic carbocycles. The molecule has 0 aromatic carbocycles. The highest BCUT2D eigenvalue weighted by atomic mass is 35.5. The summed E-state index contributed by atoms with van der Waals surface area (Å²) in [5, 5.41) is 3.48. The summed E-state index contributed by atoms with van der Waals surface area (Å²) in [5.74, 6) is 0. The molecule has 13 heavy (non-hydrogen) atoms. The molecule has 0 aromatic heterocycles. The van der Waals surface area contributed by atoms with Gasteiger partial charge in [-0.15, -0.1) is 0 Å². The molecule has 2 unspecified atom stereocenters. The average molecular weight is 204 g/mol. The van der Waals surface area contributed by atoms with Gasteiger partial charge in [0.1, 0.15) is 0 Å². The van der Waals surface area contributed by atoms with Gasteiger partial charge in [0, 0.05) is 24.2 Å². The SMILES string of the molecule is C/C(=C\Cl)CNC1(C)CCOC1C. The molecule has 3 heteroatoms. The number of halogens is 1. The van der Waals surface area contributed by atoms with E-state index in [1.54, 1.807) is 5.54 Å². The Hall–Kier alpha value is -0.0500. The second kappa shape index (κ2) is 4.45. The van der Waals surface area contributed by atoms with E-state index < -0.39 is 0 Å². The minimum absolute atomic E-state index is 0.112. The monoisotopic (exact) mass is 203 g/mol. The van der Waals surface area contributed by atoms with Crippen molar-refractivity contribution in [1.82, 2.24) is 5.32 Å². The molecule has 0 amide bonds. The van der Waals surface area contributed by atoms with Crippen molar-refractivity contribution in [3.8, 4) is 0 Å². The summed E-state index contributed by atoms with van der Waals surface area (Å²) in [6.07, 6.45) is 1.36. The van der Waals surface area contributed by atoms with Crippen LogP contribution in [0.5, 0.6) is 0 Å². The van der Waals surface area contributed by atoms with Gasteiger partial charge >= 0.3 is 0 Å². The zero-order valence-electron chi connectivity index (χ0n) is 8.56. The summed E-state index contributed by atoms with van der Waals surface area (Å²) in [6.45, 7) is 8.03.